The largest absolute Gasteiger partial charge is 0.352 e. The zero-order valence-electron chi connectivity index (χ0n) is 8.29. The van der Waals surface area contributed by atoms with Gasteiger partial charge in [0, 0.05) is 18.9 Å². The van der Waals surface area contributed by atoms with Crippen molar-refractivity contribution >= 4 is 5.91 Å². The number of amides is 1. The van der Waals surface area contributed by atoms with Gasteiger partial charge < -0.3 is 11.1 Å². The van der Waals surface area contributed by atoms with E-state index in [2.05, 4.69) is 10.3 Å². The van der Waals surface area contributed by atoms with Gasteiger partial charge in [-0.1, -0.05) is 0 Å². The molecule has 1 amide bonds. The van der Waals surface area contributed by atoms with Crippen molar-refractivity contribution in [2.24, 2.45) is 5.73 Å². The van der Waals surface area contributed by atoms with E-state index in [4.69, 9.17) is 5.73 Å². The second-order valence-corrected chi connectivity index (χ2v) is 3.15. The van der Waals surface area contributed by atoms with Crippen molar-refractivity contribution in [2.75, 3.05) is 13.1 Å². The van der Waals surface area contributed by atoms with Crippen LogP contribution >= 0.6 is 0 Å². The number of pyridine rings is 1. The molecular formula is C10H15N3O. The van der Waals surface area contributed by atoms with E-state index in [0.29, 0.717) is 18.7 Å². The minimum atomic E-state index is -0.0883. The summed E-state index contributed by atoms with van der Waals surface area (Å²) in [7, 11) is 0. The molecule has 1 rings (SSSR count). The SMILES string of the molecule is Cc1cncc(C(=O)NCCCN)c1. The molecule has 0 radical (unpaired) electrons. The second kappa shape index (κ2) is 5.34. The summed E-state index contributed by atoms with van der Waals surface area (Å²) in [6.45, 7) is 3.11. The van der Waals surface area contributed by atoms with Gasteiger partial charge in [0.2, 0.25) is 0 Å². The summed E-state index contributed by atoms with van der Waals surface area (Å²) in [5.74, 6) is -0.0883. The molecule has 0 fully saturated rings. The molecule has 0 unspecified atom stereocenters. The van der Waals surface area contributed by atoms with Crippen LogP contribution in [0.25, 0.3) is 0 Å². The van der Waals surface area contributed by atoms with Crippen LogP contribution in [-0.2, 0) is 0 Å². The molecule has 1 aromatic heterocycles. The Morgan fingerprint density at radius 2 is 2.36 bits per heavy atom. The maximum Gasteiger partial charge on any atom is 0.252 e. The van der Waals surface area contributed by atoms with Crippen molar-refractivity contribution in [2.45, 2.75) is 13.3 Å². The fourth-order valence-electron chi connectivity index (χ4n) is 1.09. The molecule has 0 atom stereocenters. The topological polar surface area (TPSA) is 68.0 Å². The summed E-state index contributed by atoms with van der Waals surface area (Å²) in [6, 6.07) is 1.81. The average molecular weight is 193 g/mol. The second-order valence-electron chi connectivity index (χ2n) is 3.15. The molecule has 0 saturated carbocycles. The molecule has 0 spiro atoms. The molecule has 1 aromatic rings. The molecule has 76 valence electrons. The van der Waals surface area contributed by atoms with Gasteiger partial charge in [-0.25, -0.2) is 0 Å². The Kier molecular flexibility index (Phi) is 4.07. The highest BCUT2D eigenvalue weighted by atomic mass is 16.1. The lowest BCUT2D eigenvalue weighted by Gasteiger charge is -2.03. The van der Waals surface area contributed by atoms with E-state index >= 15 is 0 Å². The molecule has 4 heteroatoms. The molecule has 4 nitrogen and oxygen atoms in total. The fraction of sp³-hybridized carbons (Fsp3) is 0.400. The van der Waals surface area contributed by atoms with Crippen LogP contribution in [0.5, 0.6) is 0 Å². The van der Waals surface area contributed by atoms with Crippen LogP contribution in [0.2, 0.25) is 0 Å². The number of hydrogen-bond donors (Lipinski definition) is 2. The van der Waals surface area contributed by atoms with Crippen molar-refractivity contribution in [3.63, 3.8) is 0 Å². The molecule has 0 bridgehead atoms. The molecular weight excluding hydrogens is 178 g/mol. The zero-order chi connectivity index (χ0) is 10.4. The van der Waals surface area contributed by atoms with Crippen molar-refractivity contribution < 1.29 is 4.79 Å². The molecule has 0 aromatic carbocycles. The maximum atomic E-state index is 11.5. The Balaban J connectivity index is 2.52. The predicted octanol–water partition coefficient (Wildman–Crippen LogP) is 0.469. The van der Waals surface area contributed by atoms with Crippen LogP contribution in [0, 0.1) is 6.92 Å². The fourth-order valence-corrected chi connectivity index (χ4v) is 1.09. The van der Waals surface area contributed by atoms with Crippen molar-refractivity contribution in [3.8, 4) is 0 Å². The Morgan fingerprint density at radius 1 is 1.57 bits per heavy atom. The van der Waals surface area contributed by atoms with Gasteiger partial charge in [-0.05, 0) is 31.5 Å². The number of aryl methyl sites for hydroxylation is 1. The first kappa shape index (κ1) is 10.7. The highest BCUT2D eigenvalue weighted by molar-refractivity contribution is 5.93. The van der Waals surface area contributed by atoms with E-state index in [9.17, 15) is 4.79 Å². The summed E-state index contributed by atoms with van der Waals surface area (Å²) in [5.41, 5.74) is 6.90. The normalized spacial score (nSPS) is 9.86. The number of nitrogens with zero attached hydrogens (tertiary/aromatic N) is 1. The molecule has 14 heavy (non-hydrogen) atoms. The monoisotopic (exact) mass is 193 g/mol. The smallest absolute Gasteiger partial charge is 0.252 e. The van der Waals surface area contributed by atoms with Gasteiger partial charge in [0.15, 0.2) is 0 Å². The van der Waals surface area contributed by atoms with Crippen molar-refractivity contribution in [1.82, 2.24) is 10.3 Å². The van der Waals surface area contributed by atoms with Crippen LogP contribution in [0.1, 0.15) is 22.3 Å². The molecule has 0 saturated heterocycles. The number of nitrogens with two attached hydrogens (primary N) is 1. The van der Waals surface area contributed by atoms with Gasteiger partial charge in [0.25, 0.3) is 5.91 Å². The van der Waals surface area contributed by atoms with E-state index in [1.54, 1.807) is 12.4 Å². The highest BCUT2D eigenvalue weighted by Gasteiger charge is 2.04. The van der Waals surface area contributed by atoms with Crippen LogP contribution in [0.4, 0.5) is 0 Å². The van der Waals surface area contributed by atoms with Crippen LogP contribution in [0.3, 0.4) is 0 Å². The van der Waals surface area contributed by atoms with Crippen molar-refractivity contribution in [1.29, 1.82) is 0 Å². The zero-order valence-corrected chi connectivity index (χ0v) is 8.29. The maximum absolute atomic E-state index is 11.5. The Hall–Kier alpha value is -1.42. The quantitative estimate of drug-likeness (QED) is 0.683. The van der Waals surface area contributed by atoms with Crippen LogP contribution in [-0.4, -0.2) is 24.0 Å². The minimum absolute atomic E-state index is 0.0883. The minimum Gasteiger partial charge on any atom is -0.352 e. The first-order valence-electron chi connectivity index (χ1n) is 4.64. The summed E-state index contributed by atoms with van der Waals surface area (Å²) < 4.78 is 0. The Bertz CT molecular complexity index is 312. The highest BCUT2D eigenvalue weighted by Crippen LogP contribution is 2.00. The van der Waals surface area contributed by atoms with Gasteiger partial charge in [-0.15, -0.1) is 0 Å². The summed E-state index contributed by atoms with van der Waals surface area (Å²) >= 11 is 0. The lowest BCUT2D eigenvalue weighted by atomic mass is 10.2. The van der Waals surface area contributed by atoms with Gasteiger partial charge in [-0.3, -0.25) is 9.78 Å². The summed E-state index contributed by atoms with van der Waals surface area (Å²) in [5, 5.41) is 2.77. The molecule has 3 N–H and O–H groups in total. The lowest BCUT2D eigenvalue weighted by molar-refractivity contribution is 0.0953. The van der Waals surface area contributed by atoms with E-state index in [-0.39, 0.29) is 5.91 Å². The van der Waals surface area contributed by atoms with E-state index < -0.39 is 0 Å². The summed E-state index contributed by atoms with van der Waals surface area (Å²) in [6.07, 6.45) is 4.08. The third kappa shape index (κ3) is 3.14. The first-order valence-corrected chi connectivity index (χ1v) is 4.64. The average Bonchev–Trinajstić information content (AvgIpc) is 2.18. The number of rotatable bonds is 4. The third-order valence-electron chi connectivity index (χ3n) is 1.80. The van der Waals surface area contributed by atoms with E-state index in [0.717, 1.165) is 12.0 Å². The molecule has 0 aliphatic rings. The van der Waals surface area contributed by atoms with Crippen LogP contribution in [0.15, 0.2) is 18.5 Å². The Morgan fingerprint density at radius 3 is 3.00 bits per heavy atom. The molecule has 0 aliphatic heterocycles. The lowest BCUT2D eigenvalue weighted by Crippen LogP contribution is -2.26. The number of carbonyl (C=O) groups is 1. The Labute approximate surface area is 83.5 Å². The molecule has 0 aliphatic carbocycles. The van der Waals surface area contributed by atoms with Gasteiger partial charge >= 0.3 is 0 Å². The molecule has 1 heterocycles. The predicted molar refractivity (Wildman–Crippen MR) is 55.0 cm³/mol. The number of hydrogen-bond acceptors (Lipinski definition) is 3. The van der Waals surface area contributed by atoms with Crippen molar-refractivity contribution in [3.05, 3.63) is 29.6 Å². The van der Waals surface area contributed by atoms with E-state index in [1.165, 1.54) is 0 Å². The third-order valence-corrected chi connectivity index (χ3v) is 1.80. The standard InChI is InChI=1S/C10H15N3O/c1-8-5-9(7-12-6-8)10(14)13-4-2-3-11/h5-7H,2-4,11H2,1H3,(H,13,14). The number of aromatic nitrogens is 1. The first-order chi connectivity index (χ1) is 6.74. The summed E-state index contributed by atoms with van der Waals surface area (Å²) in [4.78, 5) is 15.4. The number of nitrogens with one attached hydrogen (secondary N) is 1. The van der Waals surface area contributed by atoms with Gasteiger partial charge in [-0.2, -0.15) is 0 Å². The van der Waals surface area contributed by atoms with Crippen LogP contribution < -0.4 is 11.1 Å². The van der Waals surface area contributed by atoms with Gasteiger partial charge in [0.05, 0.1) is 5.56 Å². The van der Waals surface area contributed by atoms with Gasteiger partial charge in [0.1, 0.15) is 0 Å². The number of carbonyl (C=O) groups excluding carboxylic acids is 1. The van der Waals surface area contributed by atoms with E-state index in [1.807, 2.05) is 13.0 Å².